The Bertz CT molecular complexity index is 483. The maximum absolute atomic E-state index is 11.1. The van der Waals surface area contributed by atoms with Gasteiger partial charge in [0.1, 0.15) is 11.5 Å². The molecule has 1 N–H and O–H groups in total. The molecule has 5 heteroatoms. The van der Waals surface area contributed by atoms with E-state index in [2.05, 4.69) is 4.90 Å². The number of carboxylic acids is 1. The molecule has 1 aliphatic heterocycles. The molecule has 21 heavy (non-hydrogen) atoms. The number of rotatable bonds is 7. The molecule has 1 aliphatic rings. The van der Waals surface area contributed by atoms with Crippen LogP contribution in [0.2, 0.25) is 0 Å². The molecule has 0 bridgehead atoms. The molecule has 1 saturated heterocycles. The van der Waals surface area contributed by atoms with Crippen LogP contribution in [-0.4, -0.2) is 49.3 Å². The number of hydrogen-bond donors (Lipinski definition) is 1. The minimum absolute atomic E-state index is 0.0206. The molecule has 0 saturated carbocycles. The van der Waals surface area contributed by atoms with Crippen LogP contribution in [-0.2, 0) is 11.2 Å². The summed E-state index contributed by atoms with van der Waals surface area (Å²) in [6, 6.07) is 5.71. The van der Waals surface area contributed by atoms with Gasteiger partial charge in [-0.2, -0.15) is 0 Å². The normalized spacial score (nSPS) is 16.7. The molecule has 116 valence electrons. The van der Waals surface area contributed by atoms with Gasteiger partial charge in [0, 0.05) is 12.1 Å². The molecule has 1 atom stereocenters. The van der Waals surface area contributed by atoms with Gasteiger partial charge in [-0.15, -0.1) is 0 Å². The predicted octanol–water partition coefficient (Wildman–Crippen LogP) is 2.19. The smallest absolute Gasteiger partial charge is 0.304 e. The molecule has 2 rings (SSSR count). The zero-order valence-electron chi connectivity index (χ0n) is 12.7. The second-order valence-corrected chi connectivity index (χ2v) is 5.38. The average molecular weight is 293 g/mol. The van der Waals surface area contributed by atoms with Crippen LogP contribution in [0.1, 0.15) is 24.8 Å². The molecule has 1 aromatic rings. The molecule has 0 spiro atoms. The van der Waals surface area contributed by atoms with Crippen molar-refractivity contribution in [3.63, 3.8) is 0 Å². The highest BCUT2D eigenvalue weighted by Gasteiger charge is 2.25. The van der Waals surface area contributed by atoms with Gasteiger partial charge in [-0.25, -0.2) is 0 Å². The molecule has 1 heterocycles. The fourth-order valence-corrected chi connectivity index (χ4v) is 2.91. The van der Waals surface area contributed by atoms with Gasteiger partial charge >= 0.3 is 5.97 Å². The van der Waals surface area contributed by atoms with Gasteiger partial charge in [-0.05, 0) is 44.0 Å². The molecule has 0 aromatic heterocycles. The van der Waals surface area contributed by atoms with Crippen molar-refractivity contribution in [2.24, 2.45) is 0 Å². The van der Waals surface area contributed by atoms with Crippen molar-refractivity contribution in [3.8, 4) is 11.5 Å². The Hall–Kier alpha value is -1.75. The summed E-state index contributed by atoms with van der Waals surface area (Å²) < 4.78 is 10.6. The highest BCUT2D eigenvalue weighted by Crippen LogP contribution is 2.28. The minimum atomic E-state index is -0.751. The van der Waals surface area contributed by atoms with Crippen molar-refractivity contribution in [1.82, 2.24) is 4.90 Å². The lowest BCUT2D eigenvalue weighted by atomic mass is 10.0. The second-order valence-electron chi connectivity index (χ2n) is 5.38. The maximum atomic E-state index is 11.1. The summed E-state index contributed by atoms with van der Waals surface area (Å²) in [4.78, 5) is 13.4. The number of ether oxygens (including phenoxy) is 2. The van der Waals surface area contributed by atoms with Crippen LogP contribution in [0.25, 0.3) is 0 Å². The van der Waals surface area contributed by atoms with Gasteiger partial charge in [-0.3, -0.25) is 9.69 Å². The Morgan fingerprint density at radius 2 is 2.00 bits per heavy atom. The SMILES string of the molecule is COc1ccc(CC(CC(=O)O)N2CCCC2)c(OC)c1. The highest BCUT2D eigenvalue weighted by molar-refractivity contribution is 5.67. The summed E-state index contributed by atoms with van der Waals surface area (Å²) in [5.41, 5.74) is 1.02. The number of likely N-dealkylation sites (tertiary alicyclic amines) is 1. The second kappa shape index (κ2) is 7.31. The van der Waals surface area contributed by atoms with E-state index >= 15 is 0 Å². The predicted molar refractivity (Wildman–Crippen MR) is 80.1 cm³/mol. The van der Waals surface area contributed by atoms with Crippen LogP contribution in [0.15, 0.2) is 18.2 Å². The van der Waals surface area contributed by atoms with Gasteiger partial charge in [0.2, 0.25) is 0 Å². The van der Waals surface area contributed by atoms with Crippen molar-refractivity contribution in [3.05, 3.63) is 23.8 Å². The number of nitrogens with zero attached hydrogens (tertiary/aromatic N) is 1. The topological polar surface area (TPSA) is 59.0 Å². The average Bonchev–Trinajstić information content (AvgIpc) is 3.00. The van der Waals surface area contributed by atoms with Gasteiger partial charge in [0.25, 0.3) is 0 Å². The highest BCUT2D eigenvalue weighted by atomic mass is 16.5. The van der Waals surface area contributed by atoms with E-state index in [4.69, 9.17) is 14.6 Å². The summed E-state index contributed by atoms with van der Waals surface area (Å²) in [6.07, 6.45) is 3.14. The summed E-state index contributed by atoms with van der Waals surface area (Å²) in [5, 5.41) is 9.15. The fraction of sp³-hybridized carbons (Fsp3) is 0.562. The van der Waals surface area contributed by atoms with Crippen LogP contribution in [0.5, 0.6) is 11.5 Å². The van der Waals surface area contributed by atoms with E-state index in [1.165, 1.54) is 0 Å². The molecular weight excluding hydrogens is 270 g/mol. The van der Waals surface area contributed by atoms with Gasteiger partial charge in [0.15, 0.2) is 0 Å². The van der Waals surface area contributed by atoms with Crippen LogP contribution in [0, 0.1) is 0 Å². The third-order valence-corrected chi connectivity index (χ3v) is 4.02. The van der Waals surface area contributed by atoms with Crippen molar-refractivity contribution < 1.29 is 19.4 Å². The first kappa shape index (κ1) is 15.6. The van der Waals surface area contributed by atoms with E-state index in [0.717, 1.165) is 43.0 Å². The summed E-state index contributed by atoms with van der Waals surface area (Å²) in [6.45, 7) is 1.97. The lowest BCUT2D eigenvalue weighted by Gasteiger charge is -2.27. The maximum Gasteiger partial charge on any atom is 0.304 e. The number of aliphatic carboxylic acids is 1. The Kier molecular flexibility index (Phi) is 5.44. The molecule has 1 aromatic carbocycles. The number of benzene rings is 1. The number of methoxy groups -OCH3 is 2. The quantitative estimate of drug-likeness (QED) is 0.835. The lowest BCUT2D eigenvalue weighted by molar-refractivity contribution is -0.138. The van der Waals surface area contributed by atoms with Gasteiger partial charge < -0.3 is 14.6 Å². The molecular formula is C16H23NO4. The zero-order chi connectivity index (χ0) is 15.2. The van der Waals surface area contributed by atoms with E-state index < -0.39 is 5.97 Å². The Morgan fingerprint density at radius 3 is 2.57 bits per heavy atom. The Morgan fingerprint density at radius 1 is 1.29 bits per heavy atom. The fourth-order valence-electron chi connectivity index (χ4n) is 2.91. The van der Waals surface area contributed by atoms with E-state index in [1.54, 1.807) is 14.2 Å². The number of hydrogen-bond acceptors (Lipinski definition) is 4. The number of carbonyl (C=O) groups is 1. The molecule has 1 fully saturated rings. The van der Waals surface area contributed by atoms with Crippen molar-refractivity contribution in [1.29, 1.82) is 0 Å². The number of carboxylic acid groups (broad SMARTS) is 1. The first-order valence-corrected chi connectivity index (χ1v) is 7.30. The summed E-state index contributed by atoms with van der Waals surface area (Å²) >= 11 is 0. The first-order valence-electron chi connectivity index (χ1n) is 7.30. The molecule has 0 aliphatic carbocycles. The standard InChI is InChI=1S/C16H23NO4/c1-20-14-6-5-12(15(11-14)21-2)9-13(10-16(18)19)17-7-3-4-8-17/h5-6,11,13H,3-4,7-10H2,1-2H3,(H,18,19). The van der Waals surface area contributed by atoms with Crippen molar-refractivity contribution in [2.45, 2.75) is 31.7 Å². The zero-order valence-corrected chi connectivity index (χ0v) is 12.7. The largest absolute Gasteiger partial charge is 0.497 e. The van der Waals surface area contributed by atoms with E-state index in [0.29, 0.717) is 6.42 Å². The van der Waals surface area contributed by atoms with Crippen LogP contribution in [0.4, 0.5) is 0 Å². The van der Waals surface area contributed by atoms with E-state index in [1.807, 2.05) is 18.2 Å². The molecule has 5 nitrogen and oxygen atoms in total. The third kappa shape index (κ3) is 4.11. The monoisotopic (exact) mass is 293 g/mol. The Labute approximate surface area is 125 Å². The van der Waals surface area contributed by atoms with Crippen molar-refractivity contribution >= 4 is 5.97 Å². The van der Waals surface area contributed by atoms with Crippen LogP contribution in [0.3, 0.4) is 0 Å². The Balaban J connectivity index is 2.16. The van der Waals surface area contributed by atoms with E-state index in [9.17, 15) is 4.79 Å². The third-order valence-electron chi connectivity index (χ3n) is 4.02. The first-order chi connectivity index (χ1) is 10.1. The summed E-state index contributed by atoms with van der Waals surface area (Å²) in [7, 11) is 3.24. The lowest BCUT2D eigenvalue weighted by Crippen LogP contribution is -2.36. The van der Waals surface area contributed by atoms with E-state index in [-0.39, 0.29) is 12.5 Å². The van der Waals surface area contributed by atoms with Crippen LogP contribution < -0.4 is 9.47 Å². The molecule has 1 unspecified atom stereocenters. The van der Waals surface area contributed by atoms with Gasteiger partial charge in [-0.1, -0.05) is 6.07 Å². The van der Waals surface area contributed by atoms with Crippen molar-refractivity contribution in [2.75, 3.05) is 27.3 Å². The van der Waals surface area contributed by atoms with Crippen LogP contribution >= 0.6 is 0 Å². The molecule has 0 amide bonds. The summed E-state index contributed by atoms with van der Waals surface area (Å²) in [5.74, 6) is 0.745. The molecule has 0 radical (unpaired) electrons. The van der Waals surface area contributed by atoms with Gasteiger partial charge in [0.05, 0.1) is 20.6 Å². The minimum Gasteiger partial charge on any atom is -0.497 e.